The lowest BCUT2D eigenvalue weighted by atomic mass is 9.94. The van der Waals surface area contributed by atoms with Crippen LogP contribution in [0, 0.1) is 11.8 Å². The molecule has 2 aromatic heterocycles. The van der Waals surface area contributed by atoms with Crippen molar-refractivity contribution in [2.45, 2.75) is 37.1 Å². The SMILES string of the molecule is C[C@H](O)[C@H]1O[C@@H](n2cnc3c(=O)[nH]c(N)nc32)[C@@](F)(C#CCF)C1O. The van der Waals surface area contributed by atoms with E-state index in [1.54, 1.807) is 0 Å². The average molecular weight is 355 g/mol. The van der Waals surface area contributed by atoms with Gasteiger partial charge in [0.1, 0.15) is 18.9 Å². The van der Waals surface area contributed by atoms with Gasteiger partial charge in [0.25, 0.3) is 5.56 Å². The van der Waals surface area contributed by atoms with E-state index in [9.17, 15) is 19.4 Å². The van der Waals surface area contributed by atoms with E-state index in [1.165, 1.54) is 6.92 Å². The molecule has 0 aliphatic carbocycles. The van der Waals surface area contributed by atoms with Crippen LogP contribution in [0.3, 0.4) is 0 Å². The fraction of sp³-hybridized carbons (Fsp3) is 0.500. The molecule has 1 aliphatic rings. The first kappa shape index (κ1) is 17.3. The summed E-state index contributed by atoms with van der Waals surface area (Å²) in [5.41, 5.74) is 1.85. The molecule has 9 nitrogen and oxygen atoms in total. The number of H-pyrrole nitrogens is 1. The van der Waals surface area contributed by atoms with E-state index in [-0.39, 0.29) is 17.1 Å². The highest BCUT2D eigenvalue weighted by Gasteiger charge is 2.59. The summed E-state index contributed by atoms with van der Waals surface area (Å²) in [6.45, 7) is 0.159. The molecule has 0 bridgehead atoms. The summed E-state index contributed by atoms with van der Waals surface area (Å²) in [5, 5.41) is 19.9. The van der Waals surface area contributed by atoms with Crippen LogP contribution in [-0.2, 0) is 4.74 Å². The van der Waals surface area contributed by atoms with Gasteiger partial charge in [-0.3, -0.25) is 14.3 Å². The molecule has 134 valence electrons. The minimum atomic E-state index is -2.76. The Bertz CT molecular complexity index is 917. The number of imidazole rings is 1. The zero-order valence-electron chi connectivity index (χ0n) is 13.0. The Morgan fingerprint density at radius 1 is 1.64 bits per heavy atom. The zero-order chi connectivity index (χ0) is 18.4. The van der Waals surface area contributed by atoms with Gasteiger partial charge >= 0.3 is 0 Å². The quantitative estimate of drug-likeness (QED) is 0.508. The second-order valence-corrected chi connectivity index (χ2v) is 5.62. The third-order valence-corrected chi connectivity index (χ3v) is 3.91. The fourth-order valence-corrected chi connectivity index (χ4v) is 2.77. The number of hydrogen-bond donors (Lipinski definition) is 4. The van der Waals surface area contributed by atoms with Gasteiger partial charge in [-0.2, -0.15) is 4.98 Å². The highest BCUT2D eigenvalue weighted by atomic mass is 19.1. The van der Waals surface area contributed by atoms with Crippen LogP contribution in [0.15, 0.2) is 11.1 Å². The van der Waals surface area contributed by atoms with Gasteiger partial charge in [-0.1, -0.05) is 11.8 Å². The molecule has 0 radical (unpaired) electrons. The lowest BCUT2D eigenvalue weighted by Crippen LogP contribution is -2.44. The first-order valence-corrected chi connectivity index (χ1v) is 7.28. The maximum Gasteiger partial charge on any atom is 0.280 e. The number of aromatic nitrogens is 4. The number of alkyl halides is 2. The van der Waals surface area contributed by atoms with Gasteiger partial charge in [-0.05, 0) is 6.92 Å². The first-order chi connectivity index (χ1) is 11.8. The van der Waals surface area contributed by atoms with E-state index in [4.69, 9.17) is 10.5 Å². The molecule has 0 aromatic carbocycles. The van der Waals surface area contributed by atoms with Crippen LogP contribution in [0.5, 0.6) is 0 Å². The average Bonchev–Trinajstić information content (AvgIpc) is 3.06. The maximum atomic E-state index is 15.4. The van der Waals surface area contributed by atoms with Gasteiger partial charge in [-0.25, -0.2) is 13.8 Å². The Labute approximate surface area is 139 Å². The van der Waals surface area contributed by atoms with E-state index in [1.807, 2.05) is 11.8 Å². The van der Waals surface area contributed by atoms with Crippen LogP contribution in [0.4, 0.5) is 14.7 Å². The van der Waals surface area contributed by atoms with Gasteiger partial charge < -0.3 is 20.7 Å². The molecule has 5 atom stereocenters. The van der Waals surface area contributed by atoms with Crippen LogP contribution in [0.25, 0.3) is 11.2 Å². The van der Waals surface area contributed by atoms with Gasteiger partial charge in [0.15, 0.2) is 17.4 Å². The smallest absolute Gasteiger partial charge is 0.280 e. The molecule has 1 fully saturated rings. The van der Waals surface area contributed by atoms with Crippen LogP contribution in [-0.4, -0.2) is 60.4 Å². The van der Waals surface area contributed by atoms with Crippen LogP contribution >= 0.6 is 0 Å². The predicted octanol–water partition coefficient (Wildman–Crippen LogP) is -0.978. The minimum Gasteiger partial charge on any atom is -0.391 e. The molecule has 11 heteroatoms. The van der Waals surface area contributed by atoms with Gasteiger partial charge in [0.05, 0.1) is 12.4 Å². The molecule has 3 heterocycles. The third kappa shape index (κ3) is 2.64. The Hall–Kier alpha value is -2.55. The zero-order valence-corrected chi connectivity index (χ0v) is 13.0. The molecular weight excluding hydrogens is 340 g/mol. The summed E-state index contributed by atoms with van der Waals surface area (Å²) >= 11 is 0. The molecule has 2 aromatic rings. The molecule has 3 rings (SSSR count). The molecule has 1 saturated heterocycles. The third-order valence-electron chi connectivity index (χ3n) is 3.91. The van der Waals surface area contributed by atoms with E-state index in [0.717, 1.165) is 10.9 Å². The van der Waals surface area contributed by atoms with Crippen molar-refractivity contribution < 1.29 is 23.7 Å². The number of nitrogen functional groups attached to an aromatic ring is 1. The lowest BCUT2D eigenvalue weighted by molar-refractivity contribution is -0.0776. The summed E-state index contributed by atoms with van der Waals surface area (Å²) in [5.74, 6) is 3.69. The van der Waals surface area contributed by atoms with Crippen molar-refractivity contribution in [3.63, 3.8) is 0 Å². The summed E-state index contributed by atoms with van der Waals surface area (Å²) in [7, 11) is 0. The summed E-state index contributed by atoms with van der Waals surface area (Å²) < 4.78 is 34.3. The van der Waals surface area contributed by atoms with E-state index in [0.29, 0.717) is 0 Å². The Kier molecular flexibility index (Phi) is 4.19. The number of anilines is 1. The molecular formula is C14H15F2N5O4. The van der Waals surface area contributed by atoms with Gasteiger partial charge in [0, 0.05) is 0 Å². The highest BCUT2D eigenvalue weighted by Crippen LogP contribution is 2.43. The summed E-state index contributed by atoms with van der Waals surface area (Å²) in [6.07, 6.45) is -4.99. The molecule has 25 heavy (non-hydrogen) atoms. The summed E-state index contributed by atoms with van der Waals surface area (Å²) in [4.78, 5) is 21.8. The number of hydrogen-bond acceptors (Lipinski definition) is 7. The second kappa shape index (κ2) is 6.07. The minimum absolute atomic E-state index is 0.103. The lowest BCUT2D eigenvalue weighted by Gasteiger charge is -2.23. The van der Waals surface area contributed by atoms with E-state index >= 15 is 4.39 Å². The van der Waals surface area contributed by atoms with E-state index in [2.05, 4.69) is 15.0 Å². The van der Waals surface area contributed by atoms with Crippen molar-refractivity contribution in [3.05, 3.63) is 16.7 Å². The molecule has 5 N–H and O–H groups in total. The van der Waals surface area contributed by atoms with Crippen molar-refractivity contribution >= 4 is 17.1 Å². The van der Waals surface area contributed by atoms with E-state index < -0.39 is 42.4 Å². The van der Waals surface area contributed by atoms with Gasteiger partial charge in [0.2, 0.25) is 11.6 Å². The standard InChI is InChI=1S/C14H15F2N5O4/c1-6(22)8-9(23)14(16,3-2-4-15)12(25-8)21-5-18-7-10(21)19-13(17)20-11(7)24/h5-6,8-9,12,22-23H,4H2,1H3,(H3,17,19,20,24)/t6-,8+,9?,12+,14+/m0/s1. The Morgan fingerprint density at radius 3 is 3.00 bits per heavy atom. The number of aliphatic hydroxyl groups excluding tert-OH is 2. The molecule has 0 saturated carbocycles. The van der Waals surface area contributed by atoms with Crippen molar-refractivity contribution in [1.29, 1.82) is 0 Å². The molecule has 1 unspecified atom stereocenters. The largest absolute Gasteiger partial charge is 0.391 e. The number of ether oxygens (including phenoxy) is 1. The van der Waals surface area contributed by atoms with Crippen LogP contribution < -0.4 is 11.3 Å². The second-order valence-electron chi connectivity index (χ2n) is 5.62. The van der Waals surface area contributed by atoms with Crippen molar-refractivity contribution in [2.75, 3.05) is 12.4 Å². The number of rotatable bonds is 2. The molecule has 1 aliphatic heterocycles. The highest BCUT2D eigenvalue weighted by molar-refractivity contribution is 5.70. The number of aromatic amines is 1. The molecule has 0 spiro atoms. The summed E-state index contributed by atoms with van der Waals surface area (Å²) in [6, 6.07) is 0. The van der Waals surface area contributed by atoms with Gasteiger partial charge in [-0.15, -0.1) is 0 Å². The number of nitrogens with two attached hydrogens (primary N) is 1. The maximum absolute atomic E-state index is 15.4. The number of aliphatic hydroxyl groups is 2. The number of fused-ring (bicyclic) bond motifs is 1. The normalized spacial score (nSPS) is 30.2. The number of nitrogens with one attached hydrogen (secondary N) is 1. The van der Waals surface area contributed by atoms with Crippen LogP contribution in [0.1, 0.15) is 13.2 Å². The monoisotopic (exact) mass is 355 g/mol. The fourth-order valence-electron chi connectivity index (χ4n) is 2.77. The Morgan fingerprint density at radius 2 is 2.36 bits per heavy atom. The first-order valence-electron chi connectivity index (χ1n) is 7.28. The molecule has 0 amide bonds. The predicted molar refractivity (Wildman–Crippen MR) is 81.7 cm³/mol. The van der Waals surface area contributed by atoms with Crippen molar-refractivity contribution in [3.8, 4) is 11.8 Å². The number of nitrogens with zero attached hydrogens (tertiary/aromatic N) is 3. The Balaban J connectivity index is 2.18. The van der Waals surface area contributed by atoms with Crippen molar-refractivity contribution in [1.82, 2.24) is 19.5 Å². The topological polar surface area (TPSA) is 139 Å². The number of halogens is 2. The van der Waals surface area contributed by atoms with Crippen molar-refractivity contribution in [2.24, 2.45) is 0 Å². The van der Waals surface area contributed by atoms with Crippen LogP contribution in [0.2, 0.25) is 0 Å².